The average molecular weight is 225 g/mol. The van der Waals surface area contributed by atoms with Crippen LogP contribution >= 0.6 is 0 Å². The van der Waals surface area contributed by atoms with Crippen LogP contribution in [0.2, 0.25) is 0 Å². The van der Waals surface area contributed by atoms with Crippen LogP contribution in [0.25, 0.3) is 0 Å². The van der Waals surface area contributed by atoms with Crippen LogP contribution in [-0.2, 0) is 0 Å². The summed E-state index contributed by atoms with van der Waals surface area (Å²) in [6, 6.07) is -3.30. The molecule has 0 aliphatic carbocycles. The Kier molecular flexibility index (Phi) is 2.35. The SMILES string of the molecule is [2H]C1=C([2H])[C@]([2H])(CC(=C)C)[N+](C)(C)[C@@]([2H])(CC(=C)C)C1[2H]. The van der Waals surface area contributed by atoms with Gasteiger partial charge >= 0.3 is 0 Å². The molecule has 90 valence electrons. The molecule has 0 aromatic rings. The standard InChI is InChI=1S/C15H26N/c1-12(2)10-14-8-7-9-15(11-13(3)4)16(14,5)6/h7-8,14-15H,1,3,9-11H2,2,4-6H3/q+1/t14-,15-/m1/s1/i7D,8D,9D,14D,15D/t9?,14-,15-. The van der Waals surface area contributed by atoms with Gasteiger partial charge in [0.05, 0.1) is 24.2 Å². The minimum absolute atomic E-state index is 0.172. The Balaban J connectivity index is 3.60. The summed E-state index contributed by atoms with van der Waals surface area (Å²) in [6.45, 7) is 11.2. The maximum absolute atomic E-state index is 8.82. The lowest BCUT2D eigenvalue weighted by atomic mass is 9.92. The molecule has 0 saturated heterocycles. The van der Waals surface area contributed by atoms with Crippen LogP contribution in [0.5, 0.6) is 0 Å². The summed E-state index contributed by atoms with van der Waals surface area (Å²) in [6.07, 6.45) is -0.744. The van der Waals surface area contributed by atoms with Crippen LogP contribution in [-0.4, -0.2) is 30.6 Å². The normalized spacial score (nSPS) is 47.2. The summed E-state index contributed by atoms with van der Waals surface area (Å²) in [4.78, 5) is 0. The molecule has 1 aliphatic rings. The Bertz CT molecular complexity index is 510. The third kappa shape index (κ3) is 3.08. The molecule has 0 saturated carbocycles. The monoisotopic (exact) mass is 225 g/mol. The molecule has 3 atom stereocenters. The number of hydrogen-bond acceptors (Lipinski definition) is 0. The number of nitrogens with zero attached hydrogens (tertiary/aromatic N) is 1. The Morgan fingerprint density at radius 3 is 2.50 bits per heavy atom. The molecule has 0 amide bonds. The van der Waals surface area contributed by atoms with E-state index in [1.54, 1.807) is 27.9 Å². The summed E-state index contributed by atoms with van der Waals surface area (Å²) in [5, 5.41) is 0. The van der Waals surface area contributed by atoms with Crippen LogP contribution in [0.1, 0.15) is 39.9 Å². The van der Waals surface area contributed by atoms with Gasteiger partial charge in [0.15, 0.2) is 0 Å². The summed E-state index contributed by atoms with van der Waals surface area (Å²) in [5.41, 5.74) is 1.47. The molecule has 0 bridgehead atoms. The van der Waals surface area contributed by atoms with Crippen molar-refractivity contribution >= 4 is 0 Å². The number of likely N-dealkylation sites (N-methyl/N-ethyl adjacent to an activating group) is 1. The van der Waals surface area contributed by atoms with Gasteiger partial charge in [0, 0.05) is 20.6 Å². The van der Waals surface area contributed by atoms with Crippen molar-refractivity contribution in [2.75, 3.05) is 14.1 Å². The third-order valence-corrected chi connectivity index (χ3v) is 2.80. The number of hydrogen-bond donors (Lipinski definition) is 0. The predicted molar refractivity (Wildman–Crippen MR) is 72.3 cm³/mol. The summed E-state index contributed by atoms with van der Waals surface area (Å²) in [7, 11) is 3.41. The van der Waals surface area contributed by atoms with Crippen LogP contribution < -0.4 is 0 Å². The molecule has 0 fully saturated rings. The molecule has 0 aromatic heterocycles. The molecule has 0 N–H and O–H groups in total. The minimum atomic E-state index is -1.47. The van der Waals surface area contributed by atoms with E-state index < -0.39 is 18.4 Å². The Morgan fingerprint density at radius 1 is 1.44 bits per heavy atom. The van der Waals surface area contributed by atoms with Gasteiger partial charge in [-0.2, -0.15) is 0 Å². The van der Waals surface area contributed by atoms with Crippen LogP contribution in [0.3, 0.4) is 0 Å². The first-order chi connectivity index (χ1) is 9.31. The first-order valence-electron chi connectivity index (χ1n) is 8.12. The summed E-state index contributed by atoms with van der Waals surface area (Å²) < 4.78 is 41.9. The van der Waals surface area contributed by atoms with Crippen LogP contribution in [0.15, 0.2) is 36.4 Å². The zero-order valence-corrected chi connectivity index (χ0v) is 10.9. The van der Waals surface area contributed by atoms with Crippen molar-refractivity contribution in [3.05, 3.63) is 36.4 Å². The van der Waals surface area contributed by atoms with Gasteiger partial charge in [-0.15, -0.1) is 0 Å². The molecule has 0 radical (unpaired) electrons. The van der Waals surface area contributed by atoms with E-state index >= 15 is 0 Å². The maximum atomic E-state index is 8.82. The molecular formula is C15H26N+. The Morgan fingerprint density at radius 2 is 2.00 bits per heavy atom. The van der Waals surface area contributed by atoms with Crippen molar-refractivity contribution in [3.8, 4) is 0 Å². The first kappa shape index (κ1) is 7.50. The van der Waals surface area contributed by atoms with Gasteiger partial charge in [-0.25, -0.2) is 0 Å². The molecule has 1 heterocycles. The number of rotatable bonds is 4. The lowest BCUT2D eigenvalue weighted by Gasteiger charge is -2.45. The van der Waals surface area contributed by atoms with Crippen molar-refractivity contribution in [2.45, 2.75) is 45.1 Å². The van der Waals surface area contributed by atoms with E-state index in [4.69, 9.17) is 6.85 Å². The van der Waals surface area contributed by atoms with E-state index in [9.17, 15) is 0 Å². The molecular weight excluding hydrogens is 194 g/mol. The van der Waals surface area contributed by atoms with Gasteiger partial charge in [0.2, 0.25) is 0 Å². The van der Waals surface area contributed by atoms with Gasteiger partial charge in [-0.05, 0) is 19.9 Å². The highest BCUT2D eigenvalue weighted by atomic mass is 15.4. The maximum Gasteiger partial charge on any atom is 0.111 e. The highest BCUT2D eigenvalue weighted by Gasteiger charge is 2.36. The molecule has 16 heavy (non-hydrogen) atoms. The summed E-state index contributed by atoms with van der Waals surface area (Å²) in [5.74, 6) is 0. The predicted octanol–water partition coefficient (Wildman–Crippen LogP) is 3.69. The third-order valence-electron chi connectivity index (χ3n) is 2.80. The molecule has 1 rings (SSSR count). The smallest absolute Gasteiger partial charge is 0.111 e. The van der Waals surface area contributed by atoms with Crippen LogP contribution in [0, 0.1) is 0 Å². The van der Waals surface area contributed by atoms with E-state index in [1.807, 2.05) is 0 Å². The number of quaternary nitrogens is 1. The van der Waals surface area contributed by atoms with Gasteiger partial charge in [0.25, 0.3) is 0 Å². The second kappa shape index (κ2) is 5.01. The van der Waals surface area contributed by atoms with Crippen molar-refractivity contribution in [1.82, 2.24) is 0 Å². The molecule has 1 unspecified atom stereocenters. The highest BCUT2D eigenvalue weighted by molar-refractivity contribution is 5.05. The zero-order chi connectivity index (χ0) is 16.8. The van der Waals surface area contributed by atoms with Crippen molar-refractivity contribution in [1.29, 1.82) is 0 Å². The second-order valence-corrected chi connectivity index (χ2v) is 5.07. The quantitative estimate of drug-likeness (QED) is 0.505. The van der Waals surface area contributed by atoms with Gasteiger partial charge in [-0.1, -0.05) is 30.4 Å². The van der Waals surface area contributed by atoms with E-state index in [1.165, 1.54) is 0 Å². The molecule has 0 spiro atoms. The van der Waals surface area contributed by atoms with E-state index in [0.29, 0.717) is 0 Å². The fourth-order valence-electron chi connectivity index (χ4n) is 1.76. The van der Waals surface area contributed by atoms with Crippen molar-refractivity contribution < 1.29 is 11.3 Å². The largest absolute Gasteiger partial charge is 0.320 e. The first-order valence-corrected chi connectivity index (χ1v) is 5.54. The van der Waals surface area contributed by atoms with Crippen LogP contribution in [0.4, 0.5) is 0 Å². The topological polar surface area (TPSA) is 0 Å². The zero-order valence-electron chi connectivity index (χ0n) is 15.9. The Hall–Kier alpha value is -0.820. The van der Waals surface area contributed by atoms with Crippen molar-refractivity contribution in [2.24, 2.45) is 0 Å². The van der Waals surface area contributed by atoms with E-state index in [-0.39, 0.29) is 29.4 Å². The van der Waals surface area contributed by atoms with E-state index in [0.717, 1.165) is 11.1 Å². The van der Waals surface area contributed by atoms with Gasteiger partial charge in [-0.3, -0.25) is 0 Å². The Labute approximate surface area is 108 Å². The molecule has 0 aromatic carbocycles. The second-order valence-electron chi connectivity index (χ2n) is 5.07. The van der Waals surface area contributed by atoms with E-state index in [2.05, 4.69) is 13.2 Å². The van der Waals surface area contributed by atoms with Gasteiger partial charge < -0.3 is 4.48 Å². The molecule has 1 aliphatic heterocycles. The lowest BCUT2D eigenvalue weighted by Crippen LogP contribution is -2.56. The molecule has 1 heteroatoms. The van der Waals surface area contributed by atoms with Crippen molar-refractivity contribution in [3.63, 3.8) is 0 Å². The van der Waals surface area contributed by atoms with Gasteiger partial charge in [0.1, 0.15) is 7.39 Å². The fourth-order valence-corrected chi connectivity index (χ4v) is 1.76. The minimum Gasteiger partial charge on any atom is -0.320 e. The average Bonchev–Trinajstić information content (AvgIpc) is 2.32. The fraction of sp³-hybridized carbons (Fsp3) is 0.600. The summed E-state index contributed by atoms with van der Waals surface area (Å²) >= 11 is 0. The lowest BCUT2D eigenvalue weighted by molar-refractivity contribution is -0.933. The highest BCUT2D eigenvalue weighted by Crippen LogP contribution is 2.29. The molecule has 1 nitrogen and oxygen atoms in total.